The molecule has 470 valence electrons. The van der Waals surface area contributed by atoms with Crippen LogP contribution in [0, 0.1) is 6.92 Å². The third-order valence-electron chi connectivity index (χ3n) is 21.1. The zero-order valence-corrected chi connectivity index (χ0v) is 55.0. The molecule has 6 aromatic heterocycles. The summed E-state index contributed by atoms with van der Waals surface area (Å²) in [6, 6.07) is 118. The van der Waals surface area contributed by atoms with Crippen LogP contribution in [0.2, 0.25) is 0 Å². The van der Waals surface area contributed by atoms with Crippen molar-refractivity contribution in [2.75, 3.05) is 0 Å². The van der Waals surface area contributed by atoms with Crippen LogP contribution in [-0.4, -0.2) is 35.8 Å². The molecule has 8 nitrogen and oxygen atoms in total. The average molecular weight is 1300 g/mol. The number of aryl methyl sites for hydroxylation is 1. The minimum Gasteiger partial charge on any atom is -0.309 e. The zero-order chi connectivity index (χ0) is 66.1. The first kappa shape index (κ1) is 56.2. The molecule has 21 rings (SSSR count). The number of aromatic nitrogens is 6. The second kappa shape index (κ2) is 21.3. The summed E-state index contributed by atoms with van der Waals surface area (Å²) in [5.41, 5.74) is 22.9. The normalized spacial score (nSPS) is 12.3. The molecule has 0 radical (unpaired) electrons. The van der Waals surface area contributed by atoms with Gasteiger partial charge in [0.05, 0.1) is 76.0 Å². The molecule has 6 heterocycles. The molecule has 0 amide bonds. The van der Waals surface area contributed by atoms with Gasteiger partial charge in [-0.25, -0.2) is 8.42 Å². The van der Waals surface area contributed by atoms with Gasteiger partial charge in [0.15, 0.2) is 0 Å². The molecule has 0 aliphatic heterocycles. The second-order valence-electron chi connectivity index (χ2n) is 26.5. The molecular formula is C91H58N6O2S. The minimum atomic E-state index is -3.93. The maximum atomic E-state index is 14.8. The van der Waals surface area contributed by atoms with Crippen molar-refractivity contribution in [2.45, 2.75) is 16.7 Å². The van der Waals surface area contributed by atoms with E-state index in [0.29, 0.717) is 0 Å². The summed E-state index contributed by atoms with van der Waals surface area (Å²) in [4.78, 5) is 0.450. The largest absolute Gasteiger partial charge is 0.309 e. The van der Waals surface area contributed by atoms with Crippen molar-refractivity contribution < 1.29 is 8.42 Å². The monoisotopic (exact) mass is 1300 g/mol. The fourth-order valence-electron chi connectivity index (χ4n) is 16.6. The molecule has 0 saturated heterocycles. The molecule has 0 saturated carbocycles. The highest BCUT2D eigenvalue weighted by Gasteiger charge is 2.24. The van der Waals surface area contributed by atoms with Gasteiger partial charge in [-0.05, 0) is 200 Å². The van der Waals surface area contributed by atoms with E-state index in [9.17, 15) is 8.42 Å². The molecule has 0 N–H and O–H groups in total. The third-order valence-corrected chi connectivity index (χ3v) is 22.9. The van der Waals surface area contributed by atoms with Crippen molar-refractivity contribution in [3.05, 3.63) is 339 Å². The average Bonchev–Trinajstić information content (AvgIpc) is 1.57. The molecule has 0 unspecified atom stereocenters. The van der Waals surface area contributed by atoms with Gasteiger partial charge in [-0.2, -0.15) is 0 Å². The predicted molar refractivity (Wildman–Crippen MR) is 415 cm³/mol. The highest BCUT2D eigenvalue weighted by molar-refractivity contribution is 7.91. The van der Waals surface area contributed by atoms with Gasteiger partial charge in [-0.3, -0.25) is 0 Å². The topological polar surface area (TPSA) is 63.7 Å². The van der Waals surface area contributed by atoms with E-state index in [1.165, 1.54) is 70.9 Å². The summed E-state index contributed by atoms with van der Waals surface area (Å²) >= 11 is 0. The van der Waals surface area contributed by atoms with Crippen LogP contribution in [0.3, 0.4) is 0 Å². The molecule has 0 fully saturated rings. The number of hydrogen-bond acceptors (Lipinski definition) is 2. The minimum absolute atomic E-state index is 0.225. The molecule has 0 aliphatic rings. The molecule has 15 aromatic carbocycles. The molecule has 0 bridgehead atoms. The Labute approximate surface area is 574 Å². The lowest BCUT2D eigenvalue weighted by Crippen LogP contribution is -2.03. The van der Waals surface area contributed by atoms with Crippen molar-refractivity contribution in [2.24, 2.45) is 0 Å². The summed E-state index contributed by atoms with van der Waals surface area (Å²) in [7, 11) is -3.93. The van der Waals surface area contributed by atoms with E-state index in [1.807, 2.05) is 24.3 Å². The first-order chi connectivity index (χ1) is 49.3. The van der Waals surface area contributed by atoms with E-state index in [-0.39, 0.29) is 9.79 Å². The number of nitrogens with zero attached hydrogens (tertiary/aromatic N) is 6. The molecule has 21 aromatic rings. The van der Waals surface area contributed by atoms with E-state index in [1.54, 1.807) is 24.3 Å². The van der Waals surface area contributed by atoms with Gasteiger partial charge >= 0.3 is 0 Å². The number of para-hydroxylation sites is 6. The van der Waals surface area contributed by atoms with Crippen molar-refractivity contribution >= 4 is 141 Å². The second-order valence-corrected chi connectivity index (χ2v) is 28.5. The van der Waals surface area contributed by atoms with Gasteiger partial charge in [0.25, 0.3) is 0 Å². The fourth-order valence-corrected chi connectivity index (χ4v) is 17.9. The molecule has 0 spiro atoms. The first-order valence-electron chi connectivity index (χ1n) is 34.0. The van der Waals surface area contributed by atoms with Crippen LogP contribution in [0.15, 0.2) is 343 Å². The smallest absolute Gasteiger partial charge is 0.206 e. The lowest BCUT2D eigenvalue weighted by molar-refractivity contribution is 0.596. The first-order valence-corrected chi connectivity index (χ1v) is 35.4. The Bertz CT molecular complexity index is 7110. The Morgan fingerprint density at radius 3 is 0.780 bits per heavy atom. The third kappa shape index (κ3) is 8.18. The van der Waals surface area contributed by atoms with Crippen LogP contribution in [0.4, 0.5) is 0 Å². The Morgan fingerprint density at radius 2 is 0.430 bits per heavy atom. The van der Waals surface area contributed by atoms with E-state index in [2.05, 4.69) is 319 Å². The highest BCUT2D eigenvalue weighted by Crippen LogP contribution is 2.44. The Hall–Kier alpha value is -13.0. The van der Waals surface area contributed by atoms with Gasteiger partial charge in [0, 0.05) is 98.8 Å². The Balaban J connectivity index is 0.619. The summed E-state index contributed by atoms with van der Waals surface area (Å²) in [6.07, 6.45) is 0. The van der Waals surface area contributed by atoms with Gasteiger partial charge in [-0.1, -0.05) is 157 Å². The van der Waals surface area contributed by atoms with Gasteiger partial charge < -0.3 is 27.4 Å². The van der Waals surface area contributed by atoms with Crippen LogP contribution >= 0.6 is 0 Å². The maximum absolute atomic E-state index is 14.8. The lowest BCUT2D eigenvalue weighted by Gasteiger charge is -2.13. The molecular weight excluding hydrogens is 1240 g/mol. The summed E-state index contributed by atoms with van der Waals surface area (Å²) in [6.45, 7) is 2.16. The summed E-state index contributed by atoms with van der Waals surface area (Å²) < 4.78 is 43.7. The van der Waals surface area contributed by atoms with Gasteiger partial charge in [-0.15, -0.1) is 0 Å². The van der Waals surface area contributed by atoms with Crippen LogP contribution in [0.1, 0.15) is 5.56 Å². The van der Waals surface area contributed by atoms with E-state index in [0.717, 1.165) is 111 Å². The number of sulfone groups is 1. The van der Waals surface area contributed by atoms with Crippen molar-refractivity contribution in [3.63, 3.8) is 0 Å². The number of fused-ring (bicyclic) bond motifs is 18. The van der Waals surface area contributed by atoms with Crippen molar-refractivity contribution in [3.8, 4) is 45.3 Å². The Kier molecular flexibility index (Phi) is 12.0. The molecule has 100 heavy (non-hydrogen) atoms. The number of rotatable bonds is 9. The SMILES string of the molecule is Cc1ccc2c(c1)c1ccccc1n2-c1ccc2c(c1)c1cc(-c3ccccc3)ccc1n2-c1ccc2c(c1)c1ccccc1n2-c1ccc(S(=O)(=O)c2ccc(-n3c4ccccc4c4cc(-n5c6ccccc6c6cc(-n7c8ccccc8c8ccccc87)ccc65)ccc43)cc2)cc1. The van der Waals surface area contributed by atoms with Crippen molar-refractivity contribution in [1.82, 2.24) is 27.4 Å². The predicted octanol–water partition coefficient (Wildman–Crippen LogP) is 23.1. The quantitative estimate of drug-likeness (QED) is 0.145. The fraction of sp³-hybridized carbons (Fsp3) is 0.0110. The molecule has 0 aliphatic carbocycles. The maximum Gasteiger partial charge on any atom is 0.206 e. The standard InChI is InChI=1S/C91H58N6O2S/c1-57-31-45-86-74(51-57)70-21-7-15-29-84(70)95(86)65-40-50-91-79(56-65)75-52-59(58-17-3-2-4-18-58)32-46-87(75)97(91)64-38-48-89-77(55-64)72-23-9-14-28-83(72)93(89)61-35-43-67(44-36-61)100(98,99)66-41-33-60(34-42-66)92-82-27-13-8-22-71(82)76-54-63(37-47-88(76)92)96-85-30-16-10-24-73(85)78-53-62(39-49-90(78)96)94-80-25-11-5-19-68(80)69-20-6-12-26-81(69)94/h2-56H,1H3. The van der Waals surface area contributed by atoms with Crippen LogP contribution in [0.5, 0.6) is 0 Å². The van der Waals surface area contributed by atoms with E-state index in [4.69, 9.17) is 0 Å². The number of benzene rings is 15. The van der Waals surface area contributed by atoms with Crippen LogP contribution in [0.25, 0.3) is 176 Å². The Morgan fingerprint density at radius 1 is 0.190 bits per heavy atom. The summed E-state index contributed by atoms with van der Waals surface area (Å²) in [5.74, 6) is 0. The van der Waals surface area contributed by atoms with Gasteiger partial charge in [0.2, 0.25) is 9.84 Å². The van der Waals surface area contributed by atoms with E-state index >= 15 is 0 Å². The molecule has 0 atom stereocenters. The van der Waals surface area contributed by atoms with Gasteiger partial charge in [0.1, 0.15) is 0 Å². The molecule has 9 heteroatoms. The zero-order valence-electron chi connectivity index (χ0n) is 54.2. The van der Waals surface area contributed by atoms with Crippen LogP contribution in [-0.2, 0) is 9.84 Å². The van der Waals surface area contributed by atoms with E-state index < -0.39 is 9.84 Å². The van der Waals surface area contributed by atoms with Crippen molar-refractivity contribution in [1.29, 1.82) is 0 Å². The highest BCUT2D eigenvalue weighted by atomic mass is 32.2. The van der Waals surface area contributed by atoms with Crippen LogP contribution < -0.4 is 0 Å². The summed E-state index contributed by atoms with van der Waals surface area (Å²) in [5, 5.41) is 14.1. The lowest BCUT2D eigenvalue weighted by atomic mass is 10.0. The number of hydrogen-bond donors (Lipinski definition) is 0.